The standard InChI is InChI=1S/C3H5O2.La/c1-2-5-3-4;/h2H2,1H3;/q-1;. The van der Waals surface area contributed by atoms with Gasteiger partial charge in [-0.05, 0) is 6.92 Å². The van der Waals surface area contributed by atoms with Crippen LogP contribution in [0.4, 0.5) is 0 Å². The fourth-order valence-electron chi connectivity index (χ4n) is 0.0589. The third-order valence-corrected chi connectivity index (χ3v) is 0.203. The van der Waals surface area contributed by atoms with E-state index in [-0.39, 0.29) is 35.6 Å². The summed E-state index contributed by atoms with van der Waals surface area (Å²) in [7, 11) is 0. The summed E-state index contributed by atoms with van der Waals surface area (Å²) in [5, 5.41) is 0. The van der Waals surface area contributed by atoms with Gasteiger partial charge < -0.3 is 9.53 Å². The molecule has 0 saturated carbocycles. The van der Waals surface area contributed by atoms with E-state index in [1.54, 1.807) is 6.92 Å². The topological polar surface area (TPSA) is 26.3 Å². The minimum Gasteiger partial charge on any atom is -0.653 e. The van der Waals surface area contributed by atoms with E-state index in [2.05, 4.69) is 4.74 Å². The zero-order chi connectivity index (χ0) is 4.12. The van der Waals surface area contributed by atoms with Gasteiger partial charge in [-0.15, -0.1) is 0 Å². The maximum absolute atomic E-state index is 9.06. The zero-order valence-electron chi connectivity index (χ0n) is 3.60. The van der Waals surface area contributed by atoms with Gasteiger partial charge in [-0.1, -0.05) is 6.47 Å². The first-order valence-corrected chi connectivity index (χ1v) is 1.40. The molecule has 2 nitrogen and oxygen atoms in total. The molecule has 0 aliphatic heterocycles. The van der Waals surface area contributed by atoms with Gasteiger partial charge in [-0.25, -0.2) is 0 Å². The number of carbonyl (C=O) groups excluding carboxylic acids is 1. The van der Waals surface area contributed by atoms with Crippen LogP contribution in [0.2, 0.25) is 0 Å². The Balaban J connectivity index is 0. The van der Waals surface area contributed by atoms with Gasteiger partial charge in [-0.2, -0.15) is 0 Å². The maximum Gasteiger partial charge on any atom is 0.0451 e. The largest absolute Gasteiger partial charge is 0.653 e. The molecule has 0 bridgehead atoms. The normalized spacial score (nSPS) is 5.50. The Morgan fingerprint density at radius 3 is 2.33 bits per heavy atom. The van der Waals surface area contributed by atoms with Crippen molar-refractivity contribution in [3.8, 4) is 0 Å². The monoisotopic (exact) mass is 212 g/mol. The summed E-state index contributed by atoms with van der Waals surface area (Å²) >= 11 is 0. The van der Waals surface area contributed by atoms with E-state index in [0.717, 1.165) is 0 Å². The quantitative estimate of drug-likeness (QED) is 0.606. The molecular weight excluding hydrogens is 207 g/mol. The molecule has 0 aliphatic carbocycles. The molecule has 0 aliphatic rings. The molecule has 0 spiro atoms. The second-order valence-electron chi connectivity index (χ2n) is 0.516. The van der Waals surface area contributed by atoms with Crippen LogP contribution in [0, 0.1) is 35.6 Å². The third kappa shape index (κ3) is 8.82. The summed E-state index contributed by atoms with van der Waals surface area (Å²) in [6.07, 6.45) is 0. The SMILES string of the molecule is CCO[C-]=O.[La]. The van der Waals surface area contributed by atoms with Crippen molar-refractivity contribution in [2.75, 3.05) is 6.61 Å². The summed E-state index contributed by atoms with van der Waals surface area (Å²) < 4.78 is 4.03. The molecule has 0 heterocycles. The van der Waals surface area contributed by atoms with Gasteiger partial charge in [0.25, 0.3) is 0 Å². The van der Waals surface area contributed by atoms with E-state index in [0.29, 0.717) is 6.61 Å². The minimum atomic E-state index is 0. The summed E-state index contributed by atoms with van der Waals surface area (Å²) in [6.45, 7) is 3.41. The van der Waals surface area contributed by atoms with Crippen molar-refractivity contribution in [3.05, 3.63) is 0 Å². The molecule has 0 saturated heterocycles. The molecular formula is C3H5LaO2-. The molecule has 0 aromatic heterocycles. The first-order chi connectivity index (χ1) is 2.41. The van der Waals surface area contributed by atoms with E-state index < -0.39 is 0 Å². The third-order valence-electron chi connectivity index (χ3n) is 0.203. The molecule has 3 heteroatoms. The fourth-order valence-corrected chi connectivity index (χ4v) is 0.0589. The summed E-state index contributed by atoms with van der Waals surface area (Å²) in [4.78, 5) is 9.06. The van der Waals surface area contributed by atoms with Crippen molar-refractivity contribution in [3.63, 3.8) is 0 Å². The number of rotatable bonds is 2. The molecule has 1 radical (unpaired) electrons. The van der Waals surface area contributed by atoms with Crippen molar-refractivity contribution >= 4 is 6.47 Å². The van der Waals surface area contributed by atoms with Gasteiger partial charge in [-0.3, -0.25) is 0 Å². The first-order valence-electron chi connectivity index (χ1n) is 1.40. The number of ether oxygens (including phenoxy) is 1. The molecule has 0 fully saturated rings. The summed E-state index contributed by atoms with van der Waals surface area (Å²) in [5.74, 6) is 0. The van der Waals surface area contributed by atoms with Crippen LogP contribution in [0.1, 0.15) is 6.92 Å². The van der Waals surface area contributed by atoms with Crippen LogP contribution in [0.3, 0.4) is 0 Å². The predicted octanol–water partition coefficient (Wildman–Crippen LogP) is 0.0901. The van der Waals surface area contributed by atoms with Gasteiger partial charge in [0.1, 0.15) is 0 Å². The molecule has 6 heavy (non-hydrogen) atoms. The van der Waals surface area contributed by atoms with Crippen molar-refractivity contribution in [1.29, 1.82) is 0 Å². The van der Waals surface area contributed by atoms with Gasteiger partial charge >= 0.3 is 0 Å². The van der Waals surface area contributed by atoms with Gasteiger partial charge in [0.05, 0.1) is 0 Å². The molecule has 0 rings (SSSR count). The van der Waals surface area contributed by atoms with Crippen LogP contribution in [0.15, 0.2) is 0 Å². The van der Waals surface area contributed by atoms with Crippen LogP contribution in [0.25, 0.3) is 0 Å². The molecule has 0 aromatic carbocycles. The van der Waals surface area contributed by atoms with E-state index in [1.807, 2.05) is 0 Å². The molecule has 0 amide bonds. The van der Waals surface area contributed by atoms with Crippen molar-refractivity contribution < 1.29 is 45.1 Å². The molecule has 0 unspecified atom stereocenters. The number of hydrogen-bond acceptors (Lipinski definition) is 2. The van der Waals surface area contributed by atoms with Gasteiger partial charge in [0, 0.05) is 42.2 Å². The molecule has 0 aromatic rings. The van der Waals surface area contributed by atoms with E-state index in [9.17, 15) is 0 Å². The van der Waals surface area contributed by atoms with Gasteiger partial charge in [0.2, 0.25) is 0 Å². The average molecular weight is 212 g/mol. The predicted molar refractivity (Wildman–Crippen MR) is 17.3 cm³/mol. The van der Waals surface area contributed by atoms with E-state index in [1.165, 1.54) is 6.47 Å². The maximum atomic E-state index is 9.06. The first kappa shape index (κ1) is 9.83. The van der Waals surface area contributed by atoms with E-state index >= 15 is 0 Å². The Bertz CT molecular complexity index is 30.0. The van der Waals surface area contributed by atoms with Gasteiger partial charge in [0.15, 0.2) is 0 Å². The smallest absolute Gasteiger partial charge is 0.0451 e. The summed E-state index contributed by atoms with van der Waals surface area (Å²) in [5.41, 5.74) is 0. The fraction of sp³-hybridized carbons (Fsp3) is 0.667. The Labute approximate surface area is 64.8 Å². The van der Waals surface area contributed by atoms with Crippen LogP contribution < -0.4 is 0 Å². The van der Waals surface area contributed by atoms with Crippen LogP contribution >= 0.6 is 0 Å². The average Bonchev–Trinajstić information content (AvgIpc) is 1.41. The minimum absolute atomic E-state index is 0. The van der Waals surface area contributed by atoms with E-state index in [4.69, 9.17) is 4.79 Å². The Kier molecular flexibility index (Phi) is 15.0. The van der Waals surface area contributed by atoms with Crippen LogP contribution in [-0.4, -0.2) is 13.1 Å². The Morgan fingerprint density at radius 1 is 1.83 bits per heavy atom. The Hall–Kier alpha value is 0.665. The zero-order valence-corrected chi connectivity index (χ0v) is 7.23. The molecule has 0 N–H and O–H groups in total. The van der Waals surface area contributed by atoms with Crippen LogP contribution in [0.5, 0.6) is 0 Å². The molecule has 0 atom stereocenters. The molecule has 33 valence electrons. The van der Waals surface area contributed by atoms with Crippen LogP contribution in [-0.2, 0) is 9.53 Å². The second-order valence-corrected chi connectivity index (χ2v) is 0.516. The number of hydrogen-bond donors (Lipinski definition) is 0. The van der Waals surface area contributed by atoms with Crippen molar-refractivity contribution in [1.82, 2.24) is 0 Å². The summed E-state index contributed by atoms with van der Waals surface area (Å²) in [6, 6.07) is 0. The van der Waals surface area contributed by atoms with Crippen molar-refractivity contribution in [2.24, 2.45) is 0 Å². The second kappa shape index (κ2) is 9.18. The van der Waals surface area contributed by atoms with Crippen molar-refractivity contribution in [2.45, 2.75) is 6.92 Å². The Morgan fingerprint density at radius 2 is 2.33 bits per heavy atom.